The summed E-state index contributed by atoms with van der Waals surface area (Å²) in [6.07, 6.45) is -0.869. The number of amides is 1. The van der Waals surface area contributed by atoms with Gasteiger partial charge >= 0.3 is 12.1 Å². The lowest BCUT2D eigenvalue weighted by atomic mass is 10.1. The molecular weight excluding hydrogens is 393 g/mol. The van der Waals surface area contributed by atoms with E-state index in [9.17, 15) is 32.6 Å². The molecule has 0 radical (unpaired) electrons. The number of sulfone groups is 1. The lowest BCUT2D eigenvalue weighted by Crippen LogP contribution is -2.42. The van der Waals surface area contributed by atoms with E-state index in [1.165, 1.54) is 0 Å². The monoisotopic (exact) mass is 411 g/mol. The van der Waals surface area contributed by atoms with Crippen LogP contribution in [-0.4, -0.2) is 43.0 Å². The van der Waals surface area contributed by atoms with Gasteiger partial charge in [-0.3, -0.25) is 0 Å². The van der Waals surface area contributed by atoms with Crippen LogP contribution in [0.1, 0.15) is 11.1 Å². The minimum Gasteiger partial charge on any atom is -0.506 e. The van der Waals surface area contributed by atoms with E-state index in [0.29, 0.717) is 11.8 Å². The number of carbonyl (C=O) groups is 2. The maximum atomic E-state index is 14.5. The van der Waals surface area contributed by atoms with Crippen LogP contribution in [0.3, 0.4) is 0 Å². The number of nitrogens with one attached hydrogen (secondary N) is 1. The minimum absolute atomic E-state index is 0.0925. The fourth-order valence-corrected chi connectivity index (χ4v) is 3.33. The summed E-state index contributed by atoms with van der Waals surface area (Å²) in [5.74, 6) is -3.52. The molecule has 1 atom stereocenters. The first-order valence-electron chi connectivity index (χ1n) is 8.00. The van der Waals surface area contributed by atoms with Crippen LogP contribution >= 0.6 is 0 Å². The number of aliphatic carboxylic acids is 1. The van der Waals surface area contributed by atoms with Gasteiger partial charge in [0.15, 0.2) is 9.84 Å². The van der Waals surface area contributed by atoms with Crippen LogP contribution in [0.4, 0.5) is 9.18 Å². The van der Waals surface area contributed by atoms with E-state index in [4.69, 9.17) is 4.74 Å². The normalized spacial score (nSPS) is 12.2. The molecule has 8 nitrogen and oxygen atoms in total. The molecule has 0 aromatic heterocycles. The molecule has 0 aliphatic rings. The number of phenolic OH excluding ortho intramolecular Hbond substituents is 1. The Morgan fingerprint density at radius 3 is 2.39 bits per heavy atom. The molecule has 2 rings (SSSR count). The molecule has 0 aliphatic heterocycles. The van der Waals surface area contributed by atoms with Gasteiger partial charge in [0.25, 0.3) is 0 Å². The second kappa shape index (κ2) is 8.70. The zero-order valence-electron chi connectivity index (χ0n) is 14.8. The van der Waals surface area contributed by atoms with Gasteiger partial charge in [0, 0.05) is 12.7 Å². The number of hydrogen-bond donors (Lipinski definition) is 3. The largest absolute Gasteiger partial charge is 0.506 e. The Kier molecular flexibility index (Phi) is 6.57. The predicted octanol–water partition coefficient (Wildman–Crippen LogP) is 1.86. The van der Waals surface area contributed by atoms with E-state index in [-0.39, 0.29) is 12.2 Å². The van der Waals surface area contributed by atoms with Crippen LogP contribution in [0.2, 0.25) is 0 Å². The van der Waals surface area contributed by atoms with Crippen molar-refractivity contribution in [3.63, 3.8) is 0 Å². The van der Waals surface area contributed by atoms with Gasteiger partial charge in [-0.15, -0.1) is 0 Å². The molecule has 28 heavy (non-hydrogen) atoms. The molecule has 0 heterocycles. The number of halogens is 1. The van der Waals surface area contributed by atoms with Crippen molar-refractivity contribution in [3.8, 4) is 5.75 Å². The molecule has 0 fully saturated rings. The smallest absolute Gasteiger partial charge is 0.408 e. The summed E-state index contributed by atoms with van der Waals surface area (Å²) in [6.45, 7) is -0.0925. The number of phenols is 1. The van der Waals surface area contributed by atoms with E-state index in [1.54, 1.807) is 30.3 Å². The SMILES string of the molecule is CS(=O)(=O)c1c(O)ccc(CC(NC(=O)OCc2ccccc2)C(=O)O)c1F. The molecule has 10 heteroatoms. The molecule has 0 spiro atoms. The summed E-state index contributed by atoms with van der Waals surface area (Å²) < 4.78 is 42.7. The number of rotatable bonds is 7. The van der Waals surface area contributed by atoms with Gasteiger partial charge in [-0.1, -0.05) is 36.4 Å². The van der Waals surface area contributed by atoms with Gasteiger partial charge in [0.2, 0.25) is 0 Å². The van der Waals surface area contributed by atoms with E-state index >= 15 is 0 Å². The third kappa shape index (κ3) is 5.43. The van der Waals surface area contributed by atoms with Gasteiger partial charge in [-0.25, -0.2) is 22.4 Å². The summed E-state index contributed by atoms with van der Waals surface area (Å²) in [6, 6.07) is 9.10. The van der Waals surface area contributed by atoms with Crippen LogP contribution < -0.4 is 5.32 Å². The Balaban J connectivity index is 2.13. The van der Waals surface area contributed by atoms with Crippen molar-refractivity contribution < 1.29 is 37.3 Å². The number of aromatic hydroxyl groups is 1. The van der Waals surface area contributed by atoms with Crippen molar-refractivity contribution in [3.05, 3.63) is 59.4 Å². The van der Waals surface area contributed by atoms with Crippen LogP contribution in [0.5, 0.6) is 5.75 Å². The zero-order chi connectivity index (χ0) is 20.9. The zero-order valence-corrected chi connectivity index (χ0v) is 15.6. The maximum Gasteiger partial charge on any atom is 0.408 e. The van der Waals surface area contributed by atoms with Crippen LogP contribution in [-0.2, 0) is 32.4 Å². The highest BCUT2D eigenvalue weighted by Crippen LogP contribution is 2.28. The first-order chi connectivity index (χ1) is 13.1. The third-order valence-corrected chi connectivity index (χ3v) is 4.88. The summed E-state index contributed by atoms with van der Waals surface area (Å²) in [5, 5.41) is 21.0. The number of carboxylic acid groups (broad SMARTS) is 1. The molecule has 1 amide bonds. The Labute approximate surface area is 160 Å². The van der Waals surface area contributed by atoms with Crippen molar-refractivity contribution in [1.82, 2.24) is 5.32 Å². The Hall–Kier alpha value is -3.14. The van der Waals surface area contributed by atoms with Gasteiger partial charge < -0.3 is 20.3 Å². The molecule has 0 bridgehead atoms. The Morgan fingerprint density at radius 1 is 1.18 bits per heavy atom. The Bertz CT molecular complexity index is 977. The van der Waals surface area contributed by atoms with Gasteiger partial charge in [-0.2, -0.15) is 0 Å². The van der Waals surface area contributed by atoms with Crippen molar-refractivity contribution in [1.29, 1.82) is 0 Å². The molecule has 0 saturated carbocycles. The molecule has 2 aromatic rings. The average molecular weight is 411 g/mol. The standard InChI is InChI=1S/C18H18FNO7S/c1-28(25,26)16-14(21)8-7-12(15(16)19)9-13(17(22)23)20-18(24)27-10-11-5-3-2-4-6-11/h2-8,13,21H,9-10H2,1H3,(H,20,24)(H,22,23). The van der Waals surface area contributed by atoms with E-state index in [2.05, 4.69) is 5.32 Å². The first-order valence-corrected chi connectivity index (χ1v) is 9.89. The summed E-state index contributed by atoms with van der Waals surface area (Å²) in [4.78, 5) is 22.3. The number of hydrogen-bond acceptors (Lipinski definition) is 6. The van der Waals surface area contributed by atoms with E-state index in [0.717, 1.165) is 12.1 Å². The molecule has 150 valence electrons. The number of carboxylic acids is 1. The minimum atomic E-state index is -4.09. The molecule has 3 N–H and O–H groups in total. The third-order valence-electron chi connectivity index (χ3n) is 3.75. The quantitative estimate of drug-likeness (QED) is 0.634. The molecular formula is C18H18FNO7S. The highest BCUT2D eigenvalue weighted by molar-refractivity contribution is 7.90. The first kappa shape index (κ1) is 21.2. The van der Waals surface area contributed by atoms with E-state index in [1.807, 2.05) is 0 Å². The number of carbonyl (C=O) groups excluding carboxylic acids is 1. The van der Waals surface area contributed by atoms with Crippen molar-refractivity contribution in [2.24, 2.45) is 0 Å². The van der Waals surface area contributed by atoms with Gasteiger partial charge in [0.05, 0.1) is 0 Å². The van der Waals surface area contributed by atoms with Gasteiger partial charge in [0.1, 0.15) is 29.1 Å². The second-order valence-corrected chi connectivity index (χ2v) is 7.91. The lowest BCUT2D eigenvalue weighted by Gasteiger charge is -2.16. The fraction of sp³-hybridized carbons (Fsp3) is 0.222. The number of benzene rings is 2. The maximum absolute atomic E-state index is 14.5. The topological polar surface area (TPSA) is 130 Å². The lowest BCUT2D eigenvalue weighted by molar-refractivity contribution is -0.139. The average Bonchev–Trinajstić information content (AvgIpc) is 2.61. The highest BCUT2D eigenvalue weighted by atomic mass is 32.2. The van der Waals surface area contributed by atoms with E-state index < -0.39 is 50.8 Å². The molecule has 0 aliphatic carbocycles. The fourth-order valence-electron chi connectivity index (χ4n) is 2.42. The molecule has 0 saturated heterocycles. The Morgan fingerprint density at radius 2 is 1.82 bits per heavy atom. The summed E-state index contributed by atoms with van der Waals surface area (Å²) in [5.41, 5.74) is 0.390. The van der Waals surface area contributed by atoms with Crippen molar-refractivity contribution in [2.75, 3.05) is 6.26 Å². The highest BCUT2D eigenvalue weighted by Gasteiger charge is 2.27. The van der Waals surface area contributed by atoms with Gasteiger partial charge in [-0.05, 0) is 17.2 Å². The number of alkyl carbamates (subject to hydrolysis) is 1. The predicted molar refractivity (Wildman–Crippen MR) is 96.1 cm³/mol. The number of ether oxygens (including phenoxy) is 1. The van der Waals surface area contributed by atoms with Crippen molar-refractivity contribution in [2.45, 2.75) is 24.0 Å². The van der Waals surface area contributed by atoms with Crippen LogP contribution in [0, 0.1) is 5.82 Å². The van der Waals surface area contributed by atoms with Crippen LogP contribution in [0.15, 0.2) is 47.4 Å². The summed E-state index contributed by atoms with van der Waals surface area (Å²) in [7, 11) is -4.09. The molecule has 2 aromatic carbocycles. The van der Waals surface area contributed by atoms with Crippen LogP contribution in [0.25, 0.3) is 0 Å². The van der Waals surface area contributed by atoms with Crippen molar-refractivity contribution >= 4 is 21.9 Å². The molecule has 1 unspecified atom stereocenters. The second-order valence-electron chi connectivity index (χ2n) is 5.96. The summed E-state index contributed by atoms with van der Waals surface area (Å²) >= 11 is 0.